The van der Waals surface area contributed by atoms with Crippen molar-refractivity contribution in [3.8, 4) is 0 Å². The molecule has 0 amide bonds. The number of halogens is 1. The molecule has 0 spiro atoms. The van der Waals surface area contributed by atoms with E-state index < -0.39 is 0 Å². The van der Waals surface area contributed by atoms with Crippen LogP contribution < -0.4 is 11.5 Å². The van der Waals surface area contributed by atoms with Crippen molar-refractivity contribution in [1.29, 1.82) is 0 Å². The lowest BCUT2D eigenvalue weighted by atomic mass is 10.1. The molecule has 2 nitrogen and oxygen atoms in total. The second-order valence-electron chi connectivity index (χ2n) is 2.27. The highest BCUT2D eigenvalue weighted by atomic mass is 19.1. The summed E-state index contributed by atoms with van der Waals surface area (Å²) in [5.41, 5.74) is 11.8. The van der Waals surface area contributed by atoms with Gasteiger partial charge in [0.15, 0.2) is 0 Å². The Balaban J connectivity index is 3.69. The molecule has 0 aromatic rings. The maximum atomic E-state index is 11.7. The molecular formula is C7H15FN2. The molecule has 0 heterocycles. The van der Waals surface area contributed by atoms with Crippen LogP contribution in [-0.2, 0) is 0 Å². The van der Waals surface area contributed by atoms with Gasteiger partial charge in [-0.3, -0.25) is 4.39 Å². The van der Waals surface area contributed by atoms with Crippen LogP contribution in [-0.4, -0.2) is 19.3 Å². The highest BCUT2D eigenvalue weighted by molar-refractivity contribution is 5.06. The van der Waals surface area contributed by atoms with E-state index in [4.69, 9.17) is 11.5 Å². The van der Waals surface area contributed by atoms with Crippen LogP contribution in [0.5, 0.6) is 0 Å². The zero-order chi connectivity index (χ0) is 7.98. The summed E-state index contributed by atoms with van der Waals surface area (Å²) in [4.78, 5) is 0. The van der Waals surface area contributed by atoms with Gasteiger partial charge in [0.25, 0.3) is 0 Å². The van der Waals surface area contributed by atoms with Crippen molar-refractivity contribution < 1.29 is 4.39 Å². The third-order valence-corrected chi connectivity index (χ3v) is 1.44. The molecule has 0 saturated heterocycles. The molecule has 0 rings (SSSR count). The Labute approximate surface area is 61.1 Å². The first-order valence-electron chi connectivity index (χ1n) is 3.40. The quantitative estimate of drug-likeness (QED) is 0.570. The lowest BCUT2D eigenvalue weighted by molar-refractivity contribution is 0.452. The summed E-state index contributed by atoms with van der Waals surface area (Å²) in [7, 11) is 0. The molecule has 60 valence electrons. The van der Waals surface area contributed by atoms with E-state index in [0.29, 0.717) is 13.0 Å². The smallest absolute Gasteiger partial charge is 0.0912 e. The molecule has 0 aliphatic rings. The zero-order valence-corrected chi connectivity index (χ0v) is 6.31. The molecule has 0 saturated carbocycles. The molecule has 0 aliphatic carbocycles. The van der Waals surface area contributed by atoms with Crippen molar-refractivity contribution in [3.05, 3.63) is 11.6 Å². The average molecular weight is 146 g/mol. The van der Waals surface area contributed by atoms with Gasteiger partial charge in [-0.05, 0) is 13.3 Å². The Morgan fingerprint density at radius 1 is 1.70 bits per heavy atom. The van der Waals surface area contributed by atoms with Crippen LogP contribution in [0.4, 0.5) is 4.39 Å². The van der Waals surface area contributed by atoms with Crippen molar-refractivity contribution in [2.45, 2.75) is 19.4 Å². The fourth-order valence-electron chi connectivity index (χ4n) is 0.682. The highest BCUT2D eigenvalue weighted by Crippen LogP contribution is 2.01. The molecule has 0 aromatic carbocycles. The first-order valence-corrected chi connectivity index (χ1v) is 3.40. The molecule has 3 heteroatoms. The summed E-state index contributed by atoms with van der Waals surface area (Å²) < 4.78 is 11.7. The second-order valence-corrected chi connectivity index (χ2v) is 2.27. The number of rotatable bonds is 4. The van der Waals surface area contributed by atoms with Crippen LogP contribution in [0, 0.1) is 0 Å². The Morgan fingerprint density at radius 2 is 2.30 bits per heavy atom. The summed E-state index contributed by atoms with van der Waals surface area (Å²) in [6, 6.07) is -0.159. The van der Waals surface area contributed by atoms with E-state index in [-0.39, 0.29) is 12.7 Å². The van der Waals surface area contributed by atoms with Gasteiger partial charge >= 0.3 is 0 Å². The van der Waals surface area contributed by atoms with Crippen LogP contribution >= 0.6 is 0 Å². The van der Waals surface area contributed by atoms with Crippen molar-refractivity contribution in [2.24, 2.45) is 11.5 Å². The largest absolute Gasteiger partial charge is 0.327 e. The number of alkyl halides is 1. The molecule has 0 aliphatic heterocycles. The monoisotopic (exact) mass is 146 g/mol. The third kappa shape index (κ3) is 3.58. The lowest BCUT2D eigenvalue weighted by Crippen LogP contribution is -2.22. The van der Waals surface area contributed by atoms with Gasteiger partial charge < -0.3 is 11.5 Å². The second kappa shape index (κ2) is 5.38. The predicted molar refractivity (Wildman–Crippen MR) is 41.4 cm³/mol. The van der Waals surface area contributed by atoms with Crippen LogP contribution in [0.15, 0.2) is 11.6 Å². The third-order valence-electron chi connectivity index (χ3n) is 1.44. The molecule has 0 radical (unpaired) electrons. The van der Waals surface area contributed by atoms with Gasteiger partial charge in [-0.25, -0.2) is 0 Å². The van der Waals surface area contributed by atoms with E-state index in [1.165, 1.54) is 0 Å². The van der Waals surface area contributed by atoms with Gasteiger partial charge in [0.1, 0.15) is 0 Å². The van der Waals surface area contributed by atoms with Crippen LogP contribution in [0.3, 0.4) is 0 Å². The number of hydrogen-bond donors (Lipinski definition) is 2. The van der Waals surface area contributed by atoms with Gasteiger partial charge in [-0.2, -0.15) is 0 Å². The Hall–Kier alpha value is -0.410. The average Bonchev–Trinajstić information content (AvgIpc) is 1.89. The minimum atomic E-state index is -0.364. The summed E-state index contributed by atoms with van der Waals surface area (Å²) in [6.45, 7) is 1.98. The summed E-state index contributed by atoms with van der Waals surface area (Å²) in [5, 5.41) is 0. The minimum absolute atomic E-state index is 0.159. The SMILES string of the molecule is C/C(=C\CN)C(N)CCF. The topological polar surface area (TPSA) is 52.0 Å². The Kier molecular flexibility index (Phi) is 5.16. The normalized spacial score (nSPS) is 15.4. The fraction of sp³-hybridized carbons (Fsp3) is 0.714. The lowest BCUT2D eigenvalue weighted by Gasteiger charge is -2.08. The molecule has 1 unspecified atom stereocenters. The standard InChI is InChI=1S/C7H15FN2/c1-6(3-5-9)7(10)2-4-8/h3,7H,2,4-5,9-10H2,1H3/b6-3+. The fourth-order valence-corrected chi connectivity index (χ4v) is 0.682. The van der Waals surface area contributed by atoms with Crippen LogP contribution in [0.2, 0.25) is 0 Å². The van der Waals surface area contributed by atoms with E-state index in [0.717, 1.165) is 5.57 Å². The zero-order valence-electron chi connectivity index (χ0n) is 6.31. The molecule has 4 N–H and O–H groups in total. The van der Waals surface area contributed by atoms with E-state index in [1.807, 2.05) is 13.0 Å². The molecule has 0 bridgehead atoms. The van der Waals surface area contributed by atoms with E-state index >= 15 is 0 Å². The predicted octanol–water partition coefficient (Wildman–Crippen LogP) is 0.578. The Morgan fingerprint density at radius 3 is 2.70 bits per heavy atom. The molecular weight excluding hydrogens is 131 g/mol. The van der Waals surface area contributed by atoms with Crippen molar-refractivity contribution in [3.63, 3.8) is 0 Å². The van der Waals surface area contributed by atoms with E-state index in [9.17, 15) is 4.39 Å². The molecule has 1 atom stereocenters. The first-order chi connectivity index (χ1) is 4.72. The number of hydrogen-bond acceptors (Lipinski definition) is 2. The van der Waals surface area contributed by atoms with E-state index in [2.05, 4.69) is 0 Å². The highest BCUT2D eigenvalue weighted by Gasteiger charge is 2.02. The number of nitrogens with two attached hydrogens (primary N) is 2. The van der Waals surface area contributed by atoms with Crippen molar-refractivity contribution >= 4 is 0 Å². The maximum Gasteiger partial charge on any atom is 0.0912 e. The summed E-state index contributed by atoms with van der Waals surface area (Å²) in [6.07, 6.45) is 2.21. The van der Waals surface area contributed by atoms with Crippen LogP contribution in [0.1, 0.15) is 13.3 Å². The van der Waals surface area contributed by atoms with Gasteiger partial charge in [0.05, 0.1) is 6.67 Å². The van der Waals surface area contributed by atoms with Gasteiger partial charge in [-0.15, -0.1) is 0 Å². The van der Waals surface area contributed by atoms with Gasteiger partial charge in [0, 0.05) is 12.6 Å². The summed E-state index contributed by atoms with van der Waals surface area (Å²) in [5.74, 6) is 0. The summed E-state index contributed by atoms with van der Waals surface area (Å²) >= 11 is 0. The van der Waals surface area contributed by atoms with Gasteiger partial charge in [0.2, 0.25) is 0 Å². The molecule has 0 aromatic heterocycles. The molecule has 10 heavy (non-hydrogen) atoms. The molecule has 0 fully saturated rings. The van der Waals surface area contributed by atoms with Crippen molar-refractivity contribution in [1.82, 2.24) is 0 Å². The van der Waals surface area contributed by atoms with Gasteiger partial charge in [-0.1, -0.05) is 11.6 Å². The first kappa shape index (κ1) is 9.59. The minimum Gasteiger partial charge on any atom is -0.327 e. The van der Waals surface area contributed by atoms with Crippen molar-refractivity contribution in [2.75, 3.05) is 13.2 Å². The Bertz CT molecular complexity index is 112. The maximum absolute atomic E-state index is 11.7. The van der Waals surface area contributed by atoms with E-state index in [1.54, 1.807) is 0 Å². The van der Waals surface area contributed by atoms with Crippen LogP contribution in [0.25, 0.3) is 0 Å².